The van der Waals surface area contributed by atoms with Crippen molar-refractivity contribution in [1.29, 1.82) is 0 Å². The maximum Gasteiger partial charge on any atom is 0.125 e. The Balaban J connectivity index is 2.00. The SMILES string of the molecule is CCCNCC(O)Cc1cc(Br)cc2c1OCC2. The first-order chi connectivity index (χ1) is 8.70. The molecule has 0 bridgehead atoms. The van der Waals surface area contributed by atoms with E-state index in [0.717, 1.165) is 41.8 Å². The van der Waals surface area contributed by atoms with E-state index in [2.05, 4.69) is 34.2 Å². The number of hydrogen-bond acceptors (Lipinski definition) is 3. The minimum atomic E-state index is -0.362. The van der Waals surface area contributed by atoms with Gasteiger partial charge in [0.15, 0.2) is 0 Å². The van der Waals surface area contributed by atoms with Crippen LogP contribution in [0.3, 0.4) is 0 Å². The molecule has 2 rings (SSSR count). The zero-order valence-corrected chi connectivity index (χ0v) is 12.3. The smallest absolute Gasteiger partial charge is 0.125 e. The van der Waals surface area contributed by atoms with Crippen molar-refractivity contribution in [1.82, 2.24) is 5.32 Å². The molecule has 100 valence electrons. The van der Waals surface area contributed by atoms with Gasteiger partial charge in [-0.2, -0.15) is 0 Å². The highest BCUT2D eigenvalue weighted by molar-refractivity contribution is 9.10. The number of fused-ring (bicyclic) bond motifs is 1. The average molecular weight is 314 g/mol. The van der Waals surface area contributed by atoms with E-state index in [1.54, 1.807) is 0 Å². The van der Waals surface area contributed by atoms with E-state index in [9.17, 15) is 5.11 Å². The van der Waals surface area contributed by atoms with Crippen molar-refractivity contribution in [2.24, 2.45) is 0 Å². The summed E-state index contributed by atoms with van der Waals surface area (Å²) in [5.41, 5.74) is 2.34. The third-order valence-corrected chi connectivity index (χ3v) is 3.55. The first-order valence-corrected chi connectivity index (χ1v) is 7.33. The van der Waals surface area contributed by atoms with Crippen LogP contribution in [0.15, 0.2) is 16.6 Å². The van der Waals surface area contributed by atoms with Gasteiger partial charge in [-0.25, -0.2) is 0 Å². The Hall–Kier alpha value is -0.580. The highest BCUT2D eigenvalue weighted by atomic mass is 79.9. The summed E-state index contributed by atoms with van der Waals surface area (Å²) in [6, 6.07) is 4.15. The Morgan fingerprint density at radius 1 is 1.50 bits per heavy atom. The Labute approximate surface area is 117 Å². The minimum absolute atomic E-state index is 0.362. The fourth-order valence-corrected chi connectivity index (χ4v) is 2.82. The van der Waals surface area contributed by atoms with Gasteiger partial charge in [0, 0.05) is 23.9 Å². The topological polar surface area (TPSA) is 41.5 Å². The van der Waals surface area contributed by atoms with Gasteiger partial charge in [0.1, 0.15) is 5.75 Å². The van der Waals surface area contributed by atoms with Crippen molar-refractivity contribution in [3.05, 3.63) is 27.7 Å². The summed E-state index contributed by atoms with van der Waals surface area (Å²) < 4.78 is 6.72. The van der Waals surface area contributed by atoms with E-state index < -0.39 is 0 Å². The molecule has 1 aromatic rings. The number of benzene rings is 1. The lowest BCUT2D eigenvalue weighted by Gasteiger charge is -2.14. The van der Waals surface area contributed by atoms with Crippen LogP contribution in [0.25, 0.3) is 0 Å². The molecule has 0 spiro atoms. The van der Waals surface area contributed by atoms with Crippen LogP contribution in [0.1, 0.15) is 24.5 Å². The molecule has 0 amide bonds. The maximum atomic E-state index is 10.0. The molecule has 0 aromatic heterocycles. The van der Waals surface area contributed by atoms with Gasteiger partial charge in [0.25, 0.3) is 0 Å². The molecular weight excluding hydrogens is 294 g/mol. The maximum absolute atomic E-state index is 10.0. The second-order valence-electron chi connectivity index (χ2n) is 4.71. The molecule has 0 saturated carbocycles. The van der Waals surface area contributed by atoms with Crippen molar-refractivity contribution >= 4 is 15.9 Å². The second kappa shape index (κ2) is 6.55. The van der Waals surface area contributed by atoms with Crippen molar-refractivity contribution in [2.45, 2.75) is 32.3 Å². The van der Waals surface area contributed by atoms with Crippen LogP contribution < -0.4 is 10.1 Å². The van der Waals surface area contributed by atoms with Gasteiger partial charge in [0.05, 0.1) is 12.7 Å². The van der Waals surface area contributed by atoms with Crippen LogP contribution in [-0.2, 0) is 12.8 Å². The first kappa shape index (κ1) is 13.8. The summed E-state index contributed by atoms with van der Waals surface area (Å²) in [4.78, 5) is 0. The zero-order valence-electron chi connectivity index (χ0n) is 10.7. The highest BCUT2D eigenvalue weighted by Crippen LogP contribution is 2.33. The molecular formula is C14H20BrNO2. The van der Waals surface area contributed by atoms with Crippen molar-refractivity contribution in [2.75, 3.05) is 19.7 Å². The van der Waals surface area contributed by atoms with Gasteiger partial charge < -0.3 is 15.2 Å². The van der Waals surface area contributed by atoms with Crippen molar-refractivity contribution in [3.8, 4) is 5.75 Å². The van der Waals surface area contributed by atoms with Crippen LogP contribution in [0.4, 0.5) is 0 Å². The quantitative estimate of drug-likeness (QED) is 0.792. The molecule has 0 aliphatic carbocycles. The molecule has 1 heterocycles. The normalized spacial score (nSPS) is 15.3. The second-order valence-corrected chi connectivity index (χ2v) is 5.63. The summed E-state index contributed by atoms with van der Waals surface area (Å²) in [5.74, 6) is 0.979. The summed E-state index contributed by atoms with van der Waals surface area (Å²) in [6.45, 7) is 4.46. The molecule has 0 fully saturated rings. The summed E-state index contributed by atoms with van der Waals surface area (Å²) >= 11 is 3.52. The molecule has 2 N–H and O–H groups in total. The average Bonchev–Trinajstić information content (AvgIpc) is 2.77. The number of nitrogens with one attached hydrogen (secondary N) is 1. The number of ether oxygens (including phenoxy) is 1. The third kappa shape index (κ3) is 3.46. The van der Waals surface area contributed by atoms with Crippen LogP contribution in [0.5, 0.6) is 5.75 Å². The van der Waals surface area contributed by atoms with E-state index in [4.69, 9.17) is 4.74 Å². The van der Waals surface area contributed by atoms with Crippen LogP contribution >= 0.6 is 15.9 Å². The number of aliphatic hydroxyl groups is 1. The molecule has 18 heavy (non-hydrogen) atoms. The first-order valence-electron chi connectivity index (χ1n) is 6.53. The van der Waals surface area contributed by atoms with Crippen molar-refractivity contribution in [3.63, 3.8) is 0 Å². The lowest BCUT2D eigenvalue weighted by atomic mass is 10.0. The zero-order chi connectivity index (χ0) is 13.0. The Kier molecular flexibility index (Phi) is 5.03. The largest absolute Gasteiger partial charge is 0.493 e. The number of hydrogen-bond donors (Lipinski definition) is 2. The van der Waals surface area contributed by atoms with Crippen LogP contribution in [0, 0.1) is 0 Å². The van der Waals surface area contributed by atoms with Crippen LogP contribution in [0.2, 0.25) is 0 Å². The number of halogens is 1. The summed E-state index contributed by atoms with van der Waals surface area (Å²) in [7, 11) is 0. The van der Waals surface area contributed by atoms with Gasteiger partial charge in [-0.3, -0.25) is 0 Å². The fraction of sp³-hybridized carbons (Fsp3) is 0.571. The van der Waals surface area contributed by atoms with Crippen LogP contribution in [-0.4, -0.2) is 30.9 Å². The van der Waals surface area contributed by atoms with Gasteiger partial charge in [0.2, 0.25) is 0 Å². The molecule has 1 aliphatic rings. The van der Waals surface area contributed by atoms with E-state index in [0.29, 0.717) is 13.0 Å². The Morgan fingerprint density at radius 2 is 2.33 bits per heavy atom. The Bertz CT molecular complexity index is 409. The summed E-state index contributed by atoms with van der Waals surface area (Å²) in [6.07, 6.45) is 2.33. The molecule has 0 radical (unpaired) electrons. The van der Waals surface area contributed by atoms with E-state index in [-0.39, 0.29) is 6.10 Å². The van der Waals surface area contributed by atoms with Gasteiger partial charge >= 0.3 is 0 Å². The number of aliphatic hydroxyl groups excluding tert-OH is 1. The van der Waals surface area contributed by atoms with E-state index >= 15 is 0 Å². The molecule has 0 saturated heterocycles. The number of rotatable bonds is 6. The minimum Gasteiger partial charge on any atom is -0.493 e. The standard InChI is InChI=1S/C14H20BrNO2/c1-2-4-16-9-13(17)8-11-7-12(15)6-10-3-5-18-14(10)11/h6-7,13,16-17H,2-5,8-9H2,1H3. The van der Waals surface area contributed by atoms with Gasteiger partial charge in [-0.05, 0) is 36.2 Å². The monoisotopic (exact) mass is 313 g/mol. The lowest BCUT2D eigenvalue weighted by Crippen LogP contribution is -2.29. The molecule has 1 aromatic carbocycles. The third-order valence-electron chi connectivity index (χ3n) is 3.09. The lowest BCUT2D eigenvalue weighted by molar-refractivity contribution is 0.171. The summed E-state index contributed by atoms with van der Waals surface area (Å²) in [5, 5.41) is 13.3. The van der Waals surface area contributed by atoms with E-state index in [1.807, 2.05) is 6.07 Å². The molecule has 1 atom stereocenters. The highest BCUT2D eigenvalue weighted by Gasteiger charge is 2.19. The van der Waals surface area contributed by atoms with Crippen molar-refractivity contribution < 1.29 is 9.84 Å². The molecule has 1 aliphatic heterocycles. The van der Waals surface area contributed by atoms with Gasteiger partial charge in [-0.1, -0.05) is 22.9 Å². The molecule has 4 heteroatoms. The predicted molar refractivity (Wildman–Crippen MR) is 76.2 cm³/mol. The Morgan fingerprint density at radius 3 is 3.11 bits per heavy atom. The predicted octanol–water partition coefficient (Wildman–Crippen LogP) is 2.29. The fourth-order valence-electron chi connectivity index (χ4n) is 2.27. The van der Waals surface area contributed by atoms with E-state index in [1.165, 1.54) is 5.56 Å². The molecule has 1 unspecified atom stereocenters. The molecule has 3 nitrogen and oxygen atoms in total. The van der Waals surface area contributed by atoms with Gasteiger partial charge in [-0.15, -0.1) is 0 Å².